The van der Waals surface area contributed by atoms with Crippen LogP contribution in [0.3, 0.4) is 0 Å². The second-order valence-electron chi connectivity index (χ2n) is 6.77. The number of fused-ring (bicyclic) bond motifs is 1. The molecule has 0 aliphatic carbocycles. The number of carbonyl (C=O) groups is 2. The average Bonchev–Trinajstić information content (AvgIpc) is 2.62. The van der Waals surface area contributed by atoms with E-state index in [1.54, 1.807) is 6.92 Å². The smallest absolute Gasteiger partial charge is 0.340 e. The molecule has 2 heterocycles. The van der Waals surface area contributed by atoms with Gasteiger partial charge in [-0.15, -0.1) is 0 Å². The van der Waals surface area contributed by atoms with Gasteiger partial charge in [0.2, 0.25) is 5.91 Å². The molecule has 0 spiro atoms. The van der Waals surface area contributed by atoms with Crippen LogP contribution in [0.1, 0.15) is 41.4 Å². The second-order valence-corrected chi connectivity index (χ2v) is 6.77. The van der Waals surface area contributed by atoms with Gasteiger partial charge in [0.1, 0.15) is 0 Å². The number of primary amides is 1. The predicted octanol–water partition coefficient (Wildman–Crippen LogP) is 2.42. The number of hydrogen-bond donors (Lipinski definition) is 1. The van der Waals surface area contributed by atoms with E-state index in [1.165, 1.54) is 0 Å². The lowest BCUT2D eigenvalue weighted by molar-refractivity contribution is -0.123. The van der Waals surface area contributed by atoms with Crippen molar-refractivity contribution in [1.82, 2.24) is 9.88 Å². The zero-order valence-electron chi connectivity index (χ0n) is 15.3. The number of likely N-dealkylation sites (tertiary alicyclic amines) is 1. The van der Waals surface area contributed by atoms with E-state index < -0.39 is 0 Å². The number of ether oxygens (including phenoxy) is 1. The Morgan fingerprint density at radius 1 is 1.35 bits per heavy atom. The summed E-state index contributed by atoms with van der Waals surface area (Å²) in [6.45, 7) is 6.01. The van der Waals surface area contributed by atoms with Crippen molar-refractivity contribution in [2.24, 2.45) is 11.7 Å². The van der Waals surface area contributed by atoms with Gasteiger partial charge in [-0.25, -0.2) is 4.79 Å². The van der Waals surface area contributed by atoms with Crippen molar-refractivity contribution in [1.29, 1.82) is 0 Å². The van der Waals surface area contributed by atoms with E-state index >= 15 is 0 Å². The van der Waals surface area contributed by atoms with Crippen molar-refractivity contribution in [2.45, 2.75) is 33.2 Å². The number of amides is 1. The Morgan fingerprint density at radius 2 is 2.12 bits per heavy atom. The van der Waals surface area contributed by atoms with Crippen molar-refractivity contribution in [2.75, 3.05) is 19.7 Å². The molecule has 1 aliphatic rings. The summed E-state index contributed by atoms with van der Waals surface area (Å²) in [7, 11) is 0. The van der Waals surface area contributed by atoms with E-state index in [9.17, 15) is 9.59 Å². The van der Waals surface area contributed by atoms with Gasteiger partial charge in [0.25, 0.3) is 0 Å². The highest BCUT2D eigenvalue weighted by Crippen LogP contribution is 2.26. The molecule has 1 atom stereocenters. The van der Waals surface area contributed by atoms with Crippen LogP contribution < -0.4 is 5.73 Å². The van der Waals surface area contributed by atoms with E-state index in [0.29, 0.717) is 31.0 Å². The number of piperidine rings is 1. The fourth-order valence-corrected chi connectivity index (χ4v) is 3.67. The third-order valence-electron chi connectivity index (χ3n) is 4.99. The monoisotopic (exact) mass is 355 g/mol. The Balaban J connectivity index is 1.99. The molecule has 138 valence electrons. The second kappa shape index (κ2) is 7.83. The fraction of sp³-hybridized carbons (Fsp3) is 0.450. The highest BCUT2D eigenvalue weighted by Gasteiger charge is 2.27. The Morgan fingerprint density at radius 3 is 2.85 bits per heavy atom. The molecule has 6 nitrogen and oxygen atoms in total. The summed E-state index contributed by atoms with van der Waals surface area (Å²) in [5.74, 6) is -0.749. The van der Waals surface area contributed by atoms with Crippen LogP contribution >= 0.6 is 0 Å². The van der Waals surface area contributed by atoms with Gasteiger partial charge >= 0.3 is 5.97 Å². The molecule has 2 aromatic rings. The number of para-hydroxylation sites is 1. The minimum atomic E-state index is -0.346. The number of nitrogens with two attached hydrogens (primary N) is 1. The zero-order chi connectivity index (χ0) is 18.7. The lowest BCUT2D eigenvalue weighted by Gasteiger charge is -2.31. The van der Waals surface area contributed by atoms with Crippen LogP contribution in [0.25, 0.3) is 10.9 Å². The summed E-state index contributed by atoms with van der Waals surface area (Å²) in [6.07, 6.45) is 1.73. The average molecular weight is 355 g/mol. The van der Waals surface area contributed by atoms with Gasteiger partial charge in [0.15, 0.2) is 0 Å². The summed E-state index contributed by atoms with van der Waals surface area (Å²) in [5.41, 5.74) is 8.46. The normalized spacial score (nSPS) is 18.0. The molecule has 2 N–H and O–H groups in total. The van der Waals surface area contributed by atoms with Crippen molar-refractivity contribution in [3.05, 3.63) is 41.1 Å². The molecule has 6 heteroatoms. The van der Waals surface area contributed by atoms with E-state index in [4.69, 9.17) is 15.5 Å². The highest BCUT2D eigenvalue weighted by molar-refractivity contribution is 5.98. The van der Waals surface area contributed by atoms with Crippen LogP contribution in [0, 0.1) is 12.8 Å². The zero-order valence-corrected chi connectivity index (χ0v) is 15.3. The predicted molar refractivity (Wildman–Crippen MR) is 99.6 cm³/mol. The molecule has 1 aromatic heterocycles. The first-order valence-electron chi connectivity index (χ1n) is 9.08. The molecule has 1 aromatic carbocycles. The number of carbonyl (C=O) groups excluding carboxylic acids is 2. The number of aryl methyl sites for hydroxylation is 1. The summed E-state index contributed by atoms with van der Waals surface area (Å²) in [4.78, 5) is 31.0. The number of esters is 1. The number of aromatic nitrogens is 1. The van der Waals surface area contributed by atoms with Crippen LogP contribution in [0.2, 0.25) is 0 Å². The maximum absolute atomic E-state index is 12.6. The SMILES string of the molecule is CCOC(=O)c1c(CN2CCC[C@H](C(N)=O)C2)nc2ccccc2c1C. The number of nitrogens with zero attached hydrogens (tertiary/aromatic N) is 2. The minimum Gasteiger partial charge on any atom is -0.462 e. The molecule has 0 unspecified atom stereocenters. The molecule has 1 amide bonds. The maximum atomic E-state index is 12.6. The Hall–Kier alpha value is -2.47. The van der Waals surface area contributed by atoms with E-state index in [0.717, 1.165) is 35.9 Å². The molecule has 0 saturated carbocycles. The number of pyridine rings is 1. The molecule has 0 bridgehead atoms. The van der Waals surface area contributed by atoms with Crippen LogP contribution in [0.15, 0.2) is 24.3 Å². The lowest BCUT2D eigenvalue weighted by Crippen LogP contribution is -2.41. The molecular weight excluding hydrogens is 330 g/mol. The third-order valence-corrected chi connectivity index (χ3v) is 4.99. The van der Waals surface area contributed by atoms with Gasteiger partial charge in [0.05, 0.1) is 29.3 Å². The van der Waals surface area contributed by atoms with Crippen molar-refractivity contribution >= 4 is 22.8 Å². The Bertz CT molecular complexity index is 834. The van der Waals surface area contributed by atoms with Crippen LogP contribution in [0.5, 0.6) is 0 Å². The summed E-state index contributed by atoms with van der Waals surface area (Å²) < 4.78 is 5.28. The first-order valence-corrected chi connectivity index (χ1v) is 9.08. The van der Waals surface area contributed by atoms with Crippen LogP contribution in [-0.2, 0) is 16.1 Å². The molecule has 1 fully saturated rings. The first-order chi connectivity index (χ1) is 12.5. The van der Waals surface area contributed by atoms with E-state index in [1.807, 2.05) is 31.2 Å². The Labute approximate surface area is 153 Å². The van der Waals surface area contributed by atoms with Gasteiger partial charge in [-0.2, -0.15) is 0 Å². The van der Waals surface area contributed by atoms with Gasteiger partial charge in [-0.3, -0.25) is 14.7 Å². The third kappa shape index (κ3) is 3.70. The summed E-state index contributed by atoms with van der Waals surface area (Å²) >= 11 is 0. The van der Waals surface area contributed by atoms with Gasteiger partial charge in [-0.1, -0.05) is 18.2 Å². The lowest BCUT2D eigenvalue weighted by atomic mass is 9.96. The molecule has 0 radical (unpaired) electrons. The number of rotatable bonds is 5. The standard InChI is InChI=1S/C20H25N3O3/c1-3-26-20(25)18-13(2)15-8-4-5-9-16(15)22-17(18)12-23-10-6-7-14(11-23)19(21)24/h4-5,8-9,14H,3,6-7,10-12H2,1-2H3,(H2,21,24)/t14-/m0/s1. The van der Waals surface area contributed by atoms with Crippen LogP contribution in [0.4, 0.5) is 0 Å². The Kier molecular flexibility index (Phi) is 5.52. The van der Waals surface area contributed by atoms with Crippen molar-refractivity contribution < 1.29 is 14.3 Å². The topological polar surface area (TPSA) is 85.5 Å². The van der Waals surface area contributed by atoms with Gasteiger partial charge in [-0.05, 0) is 44.9 Å². The van der Waals surface area contributed by atoms with Crippen LogP contribution in [-0.4, -0.2) is 41.5 Å². The minimum absolute atomic E-state index is 0.142. The van der Waals surface area contributed by atoms with Crippen molar-refractivity contribution in [3.8, 4) is 0 Å². The molecule has 3 rings (SSSR count). The maximum Gasteiger partial charge on any atom is 0.340 e. The van der Waals surface area contributed by atoms with Gasteiger partial charge in [0, 0.05) is 18.5 Å². The quantitative estimate of drug-likeness (QED) is 0.833. The first kappa shape index (κ1) is 18.3. The van der Waals surface area contributed by atoms with E-state index in [2.05, 4.69) is 4.90 Å². The molecule has 1 saturated heterocycles. The highest BCUT2D eigenvalue weighted by atomic mass is 16.5. The van der Waals surface area contributed by atoms with Crippen molar-refractivity contribution in [3.63, 3.8) is 0 Å². The molecular formula is C20H25N3O3. The summed E-state index contributed by atoms with van der Waals surface area (Å²) in [5, 5.41) is 0.952. The fourth-order valence-electron chi connectivity index (χ4n) is 3.67. The number of hydrogen-bond acceptors (Lipinski definition) is 5. The molecule has 1 aliphatic heterocycles. The van der Waals surface area contributed by atoms with E-state index in [-0.39, 0.29) is 17.8 Å². The summed E-state index contributed by atoms with van der Waals surface area (Å²) in [6, 6.07) is 7.79. The number of benzene rings is 1. The van der Waals surface area contributed by atoms with Gasteiger partial charge < -0.3 is 10.5 Å². The molecule has 26 heavy (non-hydrogen) atoms. The largest absolute Gasteiger partial charge is 0.462 e.